The lowest BCUT2D eigenvalue weighted by atomic mass is 10.3. The van der Waals surface area contributed by atoms with Crippen LogP contribution in [0.15, 0.2) is 0 Å². The normalized spacial score (nSPS) is 14.9. The van der Waals surface area contributed by atoms with E-state index in [1.54, 1.807) is 20.8 Å². The highest BCUT2D eigenvalue weighted by Crippen LogP contribution is 2.00. The first-order chi connectivity index (χ1) is 6.82. The van der Waals surface area contributed by atoms with Crippen LogP contribution in [0, 0.1) is 0 Å². The molecule has 0 aromatic carbocycles. The van der Waals surface area contributed by atoms with Crippen molar-refractivity contribution in [1.29, 1.82) is 0 Å². The van der Waals surface area contributed by atoms with Crippen LogP contribution in [0.4, 0.5) is 0 Å². The molecule has 0 bridgehead atoms. The third kappa shape index (κ3) is 6.06. The molecule has 1 atom stereocenters. The molecule has 0 fully saturated rings. The molecule has 2 N–H and O–H groups in total. The van der Waals surface area contributed by atoms with Gasteiger partial charge in [-0.15, -0.1) is 0 Å². The van der Waals surface area contributed by atoms with Gasteiger partial charge >= 0.3 is 0 Å². The second kappa shape index (κ2) is 6.39. The molecule has 0 radical (unpaired) electrons. The topological polar surface area (TPSA) is 76.7 Å². The standard InChI is InChI=1S/C8H20N2O4S/c1-6(2)9-15(11,12)10-7(3)8(13-4)14-5/h6-10H,1-5H3. The molecule has 0 saturated carbocycles. The smallest absolute Gasteiger partial charge is 0.277 e. The number of methoxy groups -OCH3 is 2. The Hall–Kier alpha value is -0.210. The molecule has 0 heterocycles. The van der Waals surface area contributed by atoms with E-state index in [4.69, 9.17) is 9.47 Å². The number of hydrogen-bond donors (Lipinski definition) is 2. The van der Waals surface area contributed by atoms with Gasteiger partial charge in [0.25, 0.3) is 10.2 Å². The van der Waals surface area contributed by atoms with E-state index in [1.165, 1.54) is 14.2 Å². The Bertz CT molecular complexity index is 262. The Morgan fingerprint density at radius 2 is 1.47 bits per heavy atom. The molecule has 0 aromatic heterocycles. The lowest BCUT2D eigenvalue weighted by molar-refractivity contribution is -0.115. The van der Waals surface area contributed by atoms with E-state index in [-0.39, 0.29) is 6.04 Å². The maximum atomic E-state index is 11.5. The summed E-state index contributed by atoms with van der Waals surface area (Å²) in [5, 5.41) is 0. The van der Waals surface area contributed by atoms with Crippen LogP contribution in [-0.4, -0.2) is 41.0 Å². The van der Waals surface area contributed by atoms with E-state index in [1.807, 2.05) is 0 Å². The zero-order chi connectivity index (χ0) is 12.1. The predicted octanol–water partition coefficient (Wildman–Crippen LogP) is -0.174. The molecule has 0 aromatic rings. The van der Waals surface area contributed by atoms with Gasteiger partial charge in [-0.3, -0.25) is 0 Å². The maximum Gasteiger partial charge on any atom is 0.277 e. The first-order valence-electron chi connectivity index (χ1n) is 4.67. The fourth-order valence-electron chi connectivity index (χ4n) is 1.15. The Labute approximate surface area is 91.5 Å². The molecule has 0 saturated heterocycles. The fourth-order valence-corrected chi connectivity index (χ4v) is 2.44. The molecule has 7 heteroatoms. The van der Waals surface area contributed by atoms with Gasteiger partial charge in [0, 0.05) is 20.3 Å². The van der Waals surface area contributed by atoms with E-state index in [0.29, 0.717) is 0 Å². The van der Waals surface area contributed by atoms with Crippen molar-refractivity contribution in [3.63, 3.8) is 0 Å². The molecule has 0 aliphatic carbocycles. The molecule has 92 valence electrons. The quantitative estimate of drug-likeness (QED) is 0.606. The number of ether oxygens (including phenoxy) is 2. The Balaban J connectivity index is 4.32. The highest BCUT2D eigenvalue weighted by Gasteiger charge is 2.22. The summed E-state index contributed by atoms with van der Waals surface area (Å²) in [6.45, 7) is 5.15. The third-order valence-corrected chi connectivity index (χ3v) is 3.07. The molecule has 1 unspecified atom stereocenters. The van der Waals surface area contributed by atoms with Crippen LogP contribution in [0.3, 0.4) is 0 Å². The minimum absolute atomic E-state index is 0.154. The molecule has 15 heavy (non-hydrogen) atoms. The highest BCUT2D eigenvalue weighted by molar-refractivity contribution is 7.87. The van der Waals surface area contributed by atoms with Gasteiger partial charge in [0.05, 0.1) is 6.04 Å². The Morgan fingerprint density at radius 1 is 1.00 bits per heavy atom. The summed E-state index contributed by atoms with van der Waals surface area (Å²) in [7, 11) is -0.599. The van der Waals surface area contributed by atoms with Crippen molar-refractivity contribution >= 4 is 10.2 Å². The minimum atomic E-state index is -3.51. The summed E-state index contributed by atoms with van der Waals surface area (Å²) in [5.41, 5.74) is 0. The van der Waals surface area contributed by atoms with Crippen molar-refractivity contribution in [3.05, 3.63) is 0 Å². The molecule has 0 spiro atoms. The number of nitrogens with one attached hydrogen (secondary N) is 2. The van der Waals surface area contributed by atoms with Gasteiger partial charge in [-0.05, 0) is 20.8 Å². The molecular formula is C8H20N2O4S. The van der Waals surface area contributed by atoms with E-state index in [9.17, 15) is 8.42 Å². The lowest BCUT2D eigenvalue weighted by Crippen LogP contribution is -2.49. The first-order valence-corrected chi connectivity index (χ1v) is 6.16. The van der Waals surface area contributed by atoms with Crippen LogP contribution in [-0.2, 0) is 19.7 Å². The van der Waals surface area contributed by atoms with Crippen molar-refractivity contribution in [2.45, 2.75) is 39.1 Å². The van der Waals surface area contributed by atoms with E-state index < -0.39 is 22.5 Å². The van der Waals surface area contributed by atoms with Crippen molar-refractivity contribution < 1.29 is 17.9 Å². The van der Waals surface area contributed by atoms with Gasteiger partial charge < -0.3 is 9.47 Å². The Morgan fingerprint density at radius 3 is 1.80 bits per heavy atom. The fraction of sp³-hybridized carbons (Fsp3) is 1.00. The van der Waals surface area contributed by atoms with E-state index >= 15 is 0 Å². The van der Waals surface area contributed by atoms with E-state index in [0.717, 1.165) is 0 Å². The summed E-state index contributed by atoms with van der Waals surface area (Å²) in [6.07, 6.45) is -0.603. The second-order valence-electron chi connectivity index (χ2n) is 3.52. The van der Waals surface area contributed by atoms with Crippen LogP contribution in [0.2, 0.25) is 0 Å². The zero-order valence-electron chi connectivity index (χ0n) is 9.77. The maximum absolute atomic E-state index is 11.5. The largest absolute Gasteiger partial charge is 0.354 e. The van der Waals surface area contributed by atoms with Crippen LogP contribution in [0.5, 0.6) is 0 Å². The van der Waals surface area contributed by atoms with Crippen molar-refractivity contribution in [2.24, 2.45) is 0 Å². The Kier molecular flexibility index (Phi) is 6.30. The monoisotopic (exact) mass is 240 g/mol. The van der Waals surface area contributed by atoms with Crippen LogP contribution >= 0.6 is 0 Å². The average Bonchev–Trinajstić information content (AvgIpc) is 2.02. The number of hydrogen-bond acceptors (Lipinski definition) is 4. The van der Waals surface area contributed by atoms with Gasteiger partial charge in [0.1, 0.15) is 0 Å². The molecule has 0 aliphatic heterocycles. The van der Waals surface area contributed by atoms with Crippen molar-refractivity contribution in [3.8, 4) is 0 Å². The van der Waals surface area contributed by atoms with Gasteiger partial charge in [0.2, 0.25) is 0 Å². The zero-order valence-corrected chi connectivity index (χ0v) is 10.6. The summed E-state index contributed by atoms with van der Waals surface area (Å²) in [6, 6.07) is -0.616. The van der Waals surface area contributed by atoms with Crippen molar-refractivity contribution in [2.75, 3.05) is 14.2 Å². The van der Waals surface area contributed by atoms with Gasteiger partial charge in [-0.25, -0.2) is 0 Å². The molecule has 0 amide bonds. The summed E-state index contributed by atoms with van der Waals surface area (Å²) < 4.78 is 37.6. The van der Waals surface area contributed by atoms with Gasteiger partial charge in [-0.2, -0.15) is 17.9 Å². The van der Waals surface area contributed by atoms with Crippen LogP contribution < -0.4 is 9.44 Å². The molecule has 6 nitrogen and oxygen atoms in total. The SMILES string of the molecule is COC(OC)C(C)NS(=O)(=O)NC(C)C. The van der Waals surface area contributed by atoms with Crippen molar-refractivity contribution in [1.82, 2.24) is 9.44 Å². The molecule has 0 aliphatic rings. The van der Waals surface area contributed by atoms with Crippen LogP contribution in [0.1, 0.15) is 20.8 Å². The molecular weight excluding hydrogens is 220 g/mol. The first kappa shape index (κ1) is 14.8. The minimum Gasteiger partial charge on any atom is -0.354 e. The lowest BCUT2D eigenvalue weighted by Gasteiger charge is -2.22. The predicted molar refractivity (Wildman–Crippen MR) is 57.6 cm³/mol. The summed E-state index contributed by atoms with van der Waals surface area (Å²) >= 11 is 0. The molecule has 0 rings (SSSR count). The van der Waals surface area contributed by atoms with Gasteiger partial charge in [0.15, 0.2) is 6.29 Å². The second-order valence-corrected chi connectivity index (χ2v) is 5.00. The third-order valence-electron chi connectivity index (χ3n) is 1.60. The number of rotatable bonds is 7. The van der Waals surface area contributed by atoms with E-state index in [2.05, 4.69) is 9.44 Å². The summed E-state index contributed by atoms with van der Waals surface area (Å²) in [4.78, 5) is 0. The van der Waals surface area contributed by atoms with Crippen LogP contribution in [0.25, 0.3) is 0 Å². The summed E-state index contributed by atoms with van der Waals surface area (Å²) in [5.74, 6) is 0. The highest BCUT2D eigenvalue weighted by atomic mass is 32.2. The van der Waals surface area contributed by atoms with Gasteiger partial charge in [-0.1, -0.05) is 0 Å². The average molecular weight is 240 g/mol.